The molecule has 0 saturated heterocycles. The summed E-state index contributed by atoms with van der Waals surface area (Å²) in [6, 6.07) is 6.61. The van der Waals surface area contributed by atoms with Gasteiger partial charge < -0.3 is 10.3 Å². The highest BCUT2D eigenvalue weighted by molar-refractivity contribution is 5.94. The van der Waals surface area contributed by atoms with Gasteiger partial charge in [0.25, 0.3) is 0 Å². The van der Waals surface area contributed by atoms with Gasteiger partial charge in [-0.25, -0.2) is 15.0 Å². The minimum absolute atomic E-state index is 0.137. The Morgan fingerprint density at radius 3 is 2.66 bits per heavy atom. The van der Waals surface area contributed by atoms with E-state index in [-0.39, 0.29) is 28.2 Å². The third-order valence-corrected chi connectivity index (χ3v) is 4.22. The number of H-pyrrole nitrogens is 1. The molecule has 29 heavy (non-hydrogen) atoms. The molecule has 0 bridgehead atoms. The molecule has 0 amide bonds. The van der Waals surface area contributed by atoms with Crippen LogP contribution in [0, 0.1) is 11.3 Å². The number of pyridine rings is 2. The first-order chi connectivity index (χ1) is 14.0. The average Bonchev–Trinajstić information content (AvgIpc) is 3.15. The van der Waals surface area contributed by atoms with Gasteiger partial charge in [-0.2, -0.15) is 18.4 Å². The van der Waals surface area contributed by atoms with Crippen LogP contribution in [0.1, 0.15) is 16.7 Å². The molecule has 0 aliphatic heterocycles. The summed E-state index contributed by atoms with van der Waals surface area (Å²) in [5, 5.41) is 12.7. The number of aromatic amines is 1. The molecule has 0 unspecified atom stereocenters. The fourth-order valence-electron chi connectivity index (χ4n) is 2.79. The summed E-state index contributed by atoms with van der Waals surface area (Å²) in [6.07, 6.45) is 2.34. The predicted molar refractivity (Wildman–Crippen MR) is 98.4 cm³/mol. The van der Waals surface area contributed by atoms with Crippen LogP contribution in [0.2, 0.25) is 0 Å². The van der Waals surface area contributed by atoms with Crippen molar-refractivity contribution in [1.29, 1.82) is 5.26 Å². The van der Waals surface area contributed by atoms with Crippen LogP contribution in [0.15, 0.2) is 49.2 Å². The SMILES string of the molecule is N#Cc1cnc(NCc2ccncc2)nc1-c1c[nH]c2ncc(C(F)(F)F)cc12. The highest BCUT2D eigenvalue weighted by Crippen LogP contribution is 2.34. The van der Waals surface area contributed by atoms with Gasteiger partial charge >= 0.3 is 6.18 Å². The first kappa shape index (κ1) is 18.4. The maximum absolute atomic E-state index is 13.1. The molecule has 0 spiro atoms. The highest BCUT2D eigenvalue weighted by Gasteiger charge is 2.31. The van der Waals surface area contributed by atoms with Crippen molar-refractivity contribution in [3.05, 3.63) is 65.9 Å². The molecule has 10 heteroatoms. The van der Waals surface area contributed by atoms with Crippen LogP contribution in [-0.4, -0.2) is 24.9 Å². The van der Waals surface area contributed by atoms with Crippen LogP contribution in [-0.2, 0) is 12.7 Å². The van der Waals surface area contributed by atoms with Crippen LogP contribution >= 0.6 is 0 Å². The summed E-state index contributed by atoms with van der Waals surface area (Å²) in [5.74, 6) is 0.241. The van der Waals surface area contributed by atoms with Crippen LogP contribution in [0.5, 0.6) is 0 Å². The van der Waals surface area contributed by atoms with E-state index >= 15 is 0 Å². The van der Waals surface area contributed by atoms with E-state index in [4.69, 9.17) is 0 Å². The summed E-state index contributed by atoms with van der Waals surface area (Å²) >= 11 is 0. The summed E-state index contributed by atoms with van der Waals surface area (Å²) in [6.45, 7) is 0.418. The molecule has 4 rings (SSSR count). The Hall–Kier alpha value is -4.00. The molecule has 144 valence electrons. The molecule has 4 heterocycles. The summed E-state index contributed by atoms with van der Waals surface area (Å²) in [4.78, 5) is 19.0. The third kappa shape index (κ3) is 3.70. The number of hydrogen-bond donors (Lipinski definition) is 2. The second-order valence-corrected chi connectivity index (χ2v) is 6.10. The van der Waals surface area contributed by atoms with Crippen LogP contribution < -0.4 is 5.32 Å². The zero-order valence-corrected chi connectivity index (χ0v) is 14.7. The van der Waals surface area contributed by atoms with Crippen molar-refractivity contribution in [2.24, 2.45) is 0 Å². The Bertz CT molecular complexity index is 1210. The van der Waals surface area contributed by atoms with E-state index < -0.39 is 11.7 Å². The maximum atomic E-state index is 13.1. The topological polar surface area (TPSA) is 103 Å². The lowest BCUT2D eigenvalue weighted by Gasteiger charge is -2.09. The number of hydrogen-bond acceptors (Lipinski definition) is 6. The number of aromatic nitrogens is 5. The molecule has 4 aromatic heterocycles. The number of fused-ring (bicyclic) bond motifs is 1. The second-order valence-electron chi connectivity index (χ2n) is 6.10. The minimum Gasteiger partial charge on any atom is -0.350 e. The van der Waals surface area contributed by atoms with Crippen molar-refractivity contribution in [2.45, 2.75) is 12.7 Å². The van der Waals surface area contributed by atoms with Crippen molar-refractivity contribution in [1.82, 2.24) is 24.9 Å². The number of alkyl halides is 3. The largest absolute Gasteiger partial charge is 0.417 e. The van der Waals surface area contributed by atoms with Crippen LogP contribution in [0.25, 0.3) is 22.3 Å². The minimum atomic E-state index is -4.53. The van der Waals surface area contributed by atoms with Crippen molar-refractivity contribution >= 4 is 17.0 Å². The fourth-order valence-corrected chi connectivity index (χ4v) is 2.79. The Labute approximate surface area is 162 Å². The van der Waals surface area contributed by atoms with Gasteiger partial charge in [0.15, 0.2) is 0 Å². The Morgan fingerprint density at radius 1 is 1.14 bits per heavy atom. The van der Waals surface area contributed by atoms with Crippen LogP contribution in [0.3, 0.4) is 0 Å². The molecule has 7 nitrogen and oxygen atoms in total. The lowest BCUT2D eigenvalue weighted by Crippen LogP contribution is -2.06. The molecule has 0 atom stereocenters. The van der Waals surface area contributed by atoms with E-state index in [0.29, 0.717) is 12.1 Å². The van der Waals surface area contributed by atoms with Gasteiger partial charge in [0.2, 0.25) is 5.95 Å². The van der Waals surface area contributed by atoms with E-state index in [1.807, 2.05) is 18.2 Å². The van der Waals surface area contributed by atoms with E-state index in [1.165, 1.54) is 12.4 Å². The molecule has 0 aliphatic carbocycles. The Morgan fingerprint density at radius 2 is 1.93 bits per heavy atom. The normalized spacial score (nSPS) is 11.4. The number of nitrogens with zero attached hydrogens (tertiary/aromatic N) is 5. The van der Waals surface area contributed by atoms with Gasteiger partial charge in [0, 0.05) is 42.3 Å². The second kappa shape index (κ2) is 7.20. The number of nitriles is 1. The lowest BCUT2D eigenvalue weighted by molar-refractivity contribution is -0.137. The van der Waals surface area contributed by atoms with Gasteiger partial charge in [0.1, 0.15) is 11.7 Å². The number of nitrogens with one attached hydrogen (secondary N) is 2. The van der Waals surface area contributed by atoms with Crippen molar-refractivity contribution in [3.8, 4) is 17.3 Å². The zero-order valence-electron chi connectivity index (χ0n) is 14.7. The Balaban J connectivity index is 1.75. The zero-order chi connectivity index (χ0) is 20.4. The molecular formula is C19H12F3N7. The van der Waals surface area contributed by atoms with E-state index in [9.17, 15) is 18.4 Å². The molecule has 0 fully saturated rings. The standard InChI is InChI=1S/C19H12F3N7/c20-19(21,22)13-5-14-15(10-26-17(14)25-9-13)16-12(6-23)8-28-18(29-16)27-7-11-1-3-24-4-2-11/h1-5,8-10H,7H2,(H,25,26)(H,27,28,29). The van der Waals surface area contributed by atoms with Gasteiger partial charge in [-0.15, -0.1) is 0 Å². The van der Waals surface area contributed by atoms with Crippen molar-refractivity contribution in [2.75, 3.05) is 5.32 Å². The first-order valence-electron chi connectivity index (χ1n) is 8.40. The van der Waals surface area contributed by atoms with E-state index in [1.54, 1.807) is 12.4 Å². The first-order valence-corrected chi connectivity index (χ1v) is 8.40. The molecule has 0 saturated carbocycles. The van der Waals surface area contributed by atoms with Gasteiger partial charge in [0.05, 0.1) is 23.0 Å². The van der Waals surface area contributed by atoms with E-state index in [0.717, 1.165) is 17.8 Å². The number of halogens is 3. The molecular weight excluding hydrogens is 383 g/mol. The predicted octanol–water partition coefficient (Wildman–Crippen LogP) is 3.92. The van der Waals surface area contributed by atoms with Crippen molar-refractivity contribution in [3.63, 3.8) is 0 Å². The molecule has 2 N–H and O–H groups in total. The smallest absolute Gasteiger partial charge is 0.350 e. The van der Waals surface area contributed by atoms with Crippen molar-refractivity contribution < 1.29 is 13.2 Å². The van der Waals surface area contributed by atoms with E-state index in [2.05, 4.69) is 30.2 Å². The molecule has 0 aromatic carbocycles. The van der Waals surface area contributed by atoms with Crippen LogP contribution in [0.4, 0.5) is 19.1 Å². The molecule has 4 aromatic rings. The van der Waals surface area contributed by atoms with Gasteiger partial charge in [-0.3, -0.25) is 4.98 Å². The maximum Gasteiger partial charge on any atom is 0.417 e. The highest BCUT2D eigenvalue weighted by atomic mass is 19.4. The summed E-state index contributed by atoms with van der Waals surface area (Å²) < 4.78 is 39.3. The monoisotopic (exact) mass is 395 g/mol. The third-order valence-electron chi connectivity index (χ3n) is 4.22. The number of anilines is 1. The fraction of sp³-hybridized carbons (Fsp3) is 0.105. The summed E-state index contributed by atoms with van der Waals surface area (Å²) in [5.41, 5.74) is 1.02. The Kier molecular flexibility index (Phi) is 4.56. The molecule has 0 aliphatic rings. The summed E-state index contributed by atoms with van der Waals surface area (Å²) in [7, 11) is 0. The lowest BCUT2D eigenvalue weighted by atomic mass is 10.1. The van der Waals surface area contributed by atoms with Gasteiger partial charge in [-0.05, 0) is 23.8 Å². The van der Waals surface area contributed by atoms with Gasteiger partial charge in [-0.1, -0.05) is 0 Å². The average molecular weight is 395 g/mol. The quantitative estimate of drug-likeness (QED) is 0.543. The molecule has 0 radical (unpaired) electrons. The number of rotatable bonds is 4.